The highest BCUT2D eigenvalue weighted by Crippen LogP contribution is 2.25. The summed E-state index contributed by atoms with van der Waals surface area (Å²) in [6.45, 7) is 1.63. The fourth-order valence-electron chi connectivity index (χ4n) is 1.42. The van der Waals surface area contributed by atoms with Crippen LogP contribution in [0.15, 0.2) is 18.2 Å². The van der Waals surface area contributed by atoms with Gasteiger partial charge < -0.3 is 15.5 Å². The molecule has 0 aliphatic carbocycles. The van der Waals surface area contributed by atoms with Crippen molar-refractivity contribution in [2.75, 3.05) is 24.1 Å². The number of aromatic hydroxyl groups is 1. The number of carbonyl (C=O) groups is 1. The van der Waals surface area contributed by atoms with Crippen molar-refractivity contribution in [1.82, 2.24) is 5.32 Å². The molecule has 1 aromatic rings. The zero-order valence-corrected chi connectivity index (χ0v) is 12.1. The highest BCUT2D eigenvalue weighted by molar-refractivity contribution is 7.92. The van der Waals surface area contributed by atoms with E-state index in [0.717, 1.165) is 6.26 Å². The maximum atomic E-state index is 11.9. The first-order chi connectivity index (χ1) is 9.23. The average Bonchev–Trinajstić information content (AvgIpc) is 2.36. The number of phenolic OH excluding ortho intramolecular Hbond substituents is 1. The van der Waals surface area contributed by atoms with Crippen LogP contribution in [0.1, 0.15) is 17.3 Å². The summed E-state index contributed by atoms with van der Waals surface area (Å²) in [5.41, 5.74) is 0.208. The molecule has 1 unspecified atom stereocenters. The van der Waals surface area contributed by atoms with E-state index in [4.69, 9.17) is 5.11 Å². The summed E-state index contributed by atoms with van der Waals surface area (Å²) >= 11 is 0. The van der Waals surface area contributed by atoms with E-state index in [1.54, 1.807) is 6.92 Å². The van der Waals surface area contributed by atoms with Gasteiger partial charge in [0, 0.05) is 11.6 Å². The minimum atomic E-state index is -3.54. The monoisotopic (exact) mass is 302 g/mol. The molecule has 4 N–H and O–H groups in total. The third-order valence-electron chi connectivity index (χ3n) is 2.50. The number of aliphatic hydroxyl groups excluding tert-OH is 1. The molecule has 0 amide bonds. The summed E-state index contributed by atoms with van der Waals surface area (Å²) in [5, 5.41) is 21.2. The second-order valence-corrected chi connectivity index (χ2v) is 6.24. The number of phenols is 1. The van der Waals surface area contributed by atoms with E-state index in [-0.39, 0.29) is 42.0 Å². The molecule has 7 nitrogen and oxygen atoms in total. The van der Waals surface area contributed by atoms with E-state index in [9.17, 15) is 18.3 Å². The molecular weight excluding hydrogens is 284 g/mol. The zero-order chi connectivity index (χ0) is 15.3. The lowest BCUT2D eigenvalue weighted by molar-refractivity contribution is 0.0984. The Hall–Kier alpha value is -1.64. The smallest absolute Gasteiger partial charge is 0.229 e. The normalized spacial score (nSPS) is 12.9. The Labute approximate surface area is 117 Å². The van der Waals surface area contributed by atoms with Crippen molar-refractivity contribution < 1.29 is 23.4 Å². The number of hydrogen-bond acceptors (Lipinski definition) is 6. The quantitative estimate of drug-likeness (QED) is 0.413. The number of nitrogens with one attached hydrogen (secondary N) is 2. The molecule has 8 heteroatoms. The number of carbonyl (C=O) groups excluding carboxylic acids is 1. The lowest BCUT2D eigenvalue weighted by Crippen LogP contribution is -2.33. The van der Waals surface area contributed by atoms with Gasteiger partial charge in [-0.2, -0.15) is 0 Å². The molecular formula is C12H18N2O5S. The molecule has 0 spiro atoms. The molecule has 1 aromatic carbocycles. The minimum Gasteiger partial charge on any atom is -0.506 e. The van der Waals surface area contributed by atoms with Crippen LogP contribution in [0.5, 0.6) is 5.75 Å². The third kappa shape index (κ3) is 5.16. The van der Waals surface area contributed by atoms with Crippen molar-refractivity contribution in [2.24, 2.45) is 0 Å². The number of benzene rings is 1. The van der Waals surface area contributed by atoms with Crippen LogP contribution in [0.2, 0.25) is 0 Å². The van der Waals surface area contributed by atoms with Crippen LogP contribution >= 0.6 is 0 Å². The SMILES string of the molecule is CC(CO)NCC(=O)c1ccc(O)c(NS(C)(=O)=O)c1. The molecule has 20 heavy (non-hydrogen) atoms. The van der Waals surface area contributed by atoms with Crippen molar-refractivity contribution in [2.45, 2.75) is 13.0 Å². The van der Waals surface area contributed by atoms with E-state index < -0.39 is 10.0 Å². The lowest BCUT2D eigenvalue weighted by Gasteiger charge is -2.11. The number of sulfonamides is 1. The highest BCUT2D eigenvalue weighted by Gasteiger charge is 2.12. The van der Waals surface area contributed by atoms with Gasteiger partial charge in [-0.05, 0) is 25.1 Å². The summed E-state index contributed by atoms with van der Waals surface area (Å²) in [6.07, 6.45) is 0.950. The van der Waals surface area contributed by atoms with Gasteiger partial charge in [-0.15, -0.1) is 0 Å². The number of Topliss-reactive ketones (excluding diaryl/α,β-unsaturated/α-hetero) is 1. The van der Waals surface area contributed by atoms with Crippen LogP contribution in [0.4, 0.5) is 5.69 Å². The molecule has 0 saturated carbocycles. The maximum Gasteiger partial charge on any atom is 0.229 e. The third-order valence-corrected chi connectivity index (χ3v) is 3.09. The van der Waals surface area contributed by atoms with Crippen LogP contribution < -0.4 is 10.0 Å². The van der Waals surface area contributed by atoms with Gasteiger partial charge in [0.1, 0.15) is 5.75 Å². The van der Waals surface area contributed by atoms with Crippen molar-refractivity contribution in [3.8, 4) is 5.75 Å². The van der Waals surface area contributed by atoms with Gasteiger partial charge in [-0.3, -0.25) is 9.52 Å². The Kier molecular flexibility index (Phi) is 5.49. The summed E-state index contributed by atoms with van der Waals surface area (Å²) in [6, 6.07) is 3.70. The largest absolute Gasteiger partial charge is 0.506 e. The van der Waals surface area contributed by atoms with Gasteiger partial charge in [-0.25, -0.2) is 8.42 Å². The van der Waals surface area contributed by atoms with Crippen LogP contribution in [0, 0.1) is 0 Å². The first-order valence-corrected chi connectivity index (χ1v) is 7.80. The van der Waals surface area contributed by atoms with Crippen molar-refractivity contribution in [3.63, 3.8) is 0 Å². The second-order valence-electron chi connectivity index (χ2n) is 4.49. The number of aliphatic hydroxyl groups is 1. The molecule has 0 radical (unpaired) electrons. The maximum absolute atomic E-state index is 11.9. The standard InChI is InChI=1S/C12H18N2O5S/c1-8(7-15)13-6-12(17)9-3-4-11(16)10(5-9)14-20(2,18)19/h3-5,8,13-16H,6-7H2,1-2H3. The van der Waals surface area contributed by atoms with Gasteiger partial charge in [0.2, 0.25) is 10.0 Å². The predicted molar refractivity (Wildman–Crippen MR) is 75.5 cm³/mol. The Morgan fingerprint density at radius 1 is 1.40 bits per heavy atom. The van der Waals surface area contributed by atoms with Gasteiger partial charge in [-0.1, -0.05) is 0 Å². The topological polar surface area (TPSA) is 116 Å². The van der Waals surface area contributed by atoms with E-state index in [1.807, 2.05) is 0 Å². The number of ketones is 1. The summed E-state index contributed by atoms with van der Waals surface area (Å²) in [5.74, 6) is -0.537. The first kappa shape index (κ1) is 16.4. The molecule has 0 aliphatic rings. The molecule has 1 rings (SSSR count). The van der Waals surface area contributed by atoms with E-state index in [1.165, 1.54) is 18.2 Å². The lowest BCUT2D eigenvalue weighted by atomic mass is 10.1. The zero-order valence-electron chi connectivity index (χ0n) is 11.3. The predicted octanol–water partition coefficient (Wildman–Crippen LogP) is -0.0832. The summed E-state index contributed by atoms with van der Waals surface area (Å²) in [7, 11) is -3.54. The molecule has 1 atom stereocenters. The van der Waals surface area contributed by atoms with Gasteiger partial charge in [0.15, 0.2) is 5.78 Å². The van der Waals surface area contributed by atoms with Crippen molar-refractivity contribution in [3.05, 3.63) is 23.8 Å². The number of hydrogen-bond donors (Lipinski definition) is 4. The molecule has 0 aromatic heterocycles. The van der Waals surface area contributed by atoms with Crippen LogP contribution in [-0.4, -0.2) is 49.9 Å². The number of anilines is 1. The van der Waals surface area contributed by atoms with Crippen LogP contribution in [0.25, 0.3) is 0 Å². The summed E-state index contributed by atoms with van der Waals surface area (Å²) in [4.78, 5) is 11.9. The number of rotatable bonds is 7. The Bertz CT molecular complexity index is 586. The molecule has 0 heterocycles. The molecule has 0 aliphatic heterocycles. The first-order valence-electron chi connectivity index (χ1n) is 5.91. The van der Waals surface area contributed by atoms with Gasteiger partial charge in [0.25, 0.3) is 0 Å². The molecule has 0 fully saturated rings. The molecule has 112 valence electrons. The van der Waals surface area contributed by atoms with E-state index in [2.05, 4.69) is 10.0 Å². The summed E-state index contributed by atoms with van der Waals surface area (Å²) < 4.78 is 24.4. The van der Waals surface area contributed by atoms with E-state index in [0.29, 0.717) is 0 Å². The minimum absolute atomic E-state index is 0.00478. The average molecular weight is 302 g/mol. The van der Waals surface area contributed by atoms with Crippen LogP contribution in [0.3, 0.4) is 0 Å². The molecule has 0 bridgehead atoms. The Morgan fingerprint density at radius 3 is 2.60 bits per heavy atom. The van der Waals surface area contributed by atoms with Crippen molar-refractivity contribution >= 4 is 21.5 Å². The van der Waals surface area contributed by atoms with Crippen molar-refractivity contribution in [1.29, 1.82) is 0 Å². The van der Waals surface area contributed by atoms with Gasteiger partial charge >= 0.3 is 0 Å². The van der Waals surface area contributed by atoms with E-state index >= 15 is 0 Å². The second kappa shape index (κ2) is 6.69. The Balaban J connectivity index is 2.86. The van der Waals surface area contributed by atoms with Crippen LogP contribution in [-0.2, 0) is 10.0 Å². The molecule has 0 saturated heterocycles. The Morgan fingerprint density at radius 2 is 2.05 bits per heavy atom. The fraction of sp³-hybridized carbons (Fsp3) is 0.417. The van der Waals surface area contributed by atoms with Gasteiger partial charge in [0.05, 0.1) is 25.1 Å². The highest BCUT2D eigenvalue weighted by atomic mass is 32.2. The fourth-order valence-corrected chi connectivity index (χ4v) is 1.99.